The number of hydrogen-bond acceptors (Lipinski definition) is 8. The Morgan fingerprint density at radius 2 is 1.68 bits per heavy atom. The van der Waals surface area contributed by atoms with Crippen LogP contribution in [-0.4, -0.2) is 37.4 Å². The summed E-state index contributed by atoms with van der Waals surface area (Å²) in [4.78, 5) is 16.7. The van der Waals surface area contributed by atoms with E-state index in [1.807, 2.05) is 0 Å². The molecule has 0 saturated heterocycles. The van der Waals surface area contributed by atoms with Gasteiger partial charge in [0.2, 0.25) is 5.75 Å². The number of hydrogen-bond donors (Lipinski definition) is 2. The lowest BCUT2D eigenvalue weighted by molar-refractivity contribution is 0.102. The van der Waals surface area contributed by atoms with Crippen molar-refractivity contribution in [2.75, 3.05) is 32.0 Å². The van der Waals surface area contributed by atoms with Gasteiger partial charge in [-0.25, -0.2) is 0 Å². The third-order valence-electron chi connectivity index (χ3n) is 3.82. The third kappa shape index (κ3) is 4.14. The monoisotopic (exact) mass is 384 g/mol. The van der Waals surface area contributed by atoms with Crippen LogP contribution in [0.25, 0.3) is 0 Å². The highest BCUT2D eigenvalue weighted by molar-refractivity contribution is 6.05. The molecule has 3 rings (SSSR count). The fraction of sp³-hybridized carbons (Fsp3) is 0.211. The zero-order valence-corrected chi connectivity index (χ0v) is 15.9. The van der Waals surface area contributed by atoms with Gasteiger partial charge >= 0.3 is 0 Å². The number of carbonyl (C=O) groups excluding carboxylic acids is 1. The topological polar surface area (TPSA) is 108 Å². The number of nitrogens with zero attached hydrogens (tertiary/aromatic N) is 2. The molecular weight excluding hydrogens is 364 g/mol. The van der Waals surface area contributed by atoms with Crippen molar-refractivity contribution in [1.82, 2.24) is 10.1 Å². The highest BCUT2D eigenvalue weighted by Crippen LogP contribution is 2.40. The number of carbonyl (C=O) groups is 1. The summed E-state index contributed by atoms with van der Waals surface area (Å²) in [7, 11) is 4.53. The summed E-state index contributed by atoms with van der Waals surface area (Å²) in [6.07, 6.45) is 3.05. The molecule has 0 aliphatic carbocycles. The second-order valence-electron chi connectivity index (χ2n) is 5.78. The Morgan fingerprint density at radius 3 is 2.25 bits per heavy atom. The van der Waals surface area contributed by atoms with Crippen molar-refractivity contribution in [3.63, 3.8) is 0 Å². The van der Waals surface area contributed by atoms with E-state index in [1.165, 1.54) is 27.5 Å². The van der Waals surface area contributed by atoms with Crippen molar-refractivity contribution >= 4 is 23.1 Å². The van der Waals surface area contributed by atoms with Gasteiger partial charge in [-0.05, 0) is 13.0 Å². The van der Waals surface area contributed by atoms with E-state index in [9.17, 15) is 4.79 Å². The summed E-state index contributed by atoms with van der Waals surface area (Å²) in [5.41, 5.74) is 1.45. The second-order valence-corrected chi connectivity index (χ2v) is 5.78. The van der Waals surface area contributed by atoms with Gasteiger partial charge < -0.3 is 29.4 Å². The van der Waals surface area contributed by atoms with E-state index >= 15 is 0 Å². The average molecular weight is 384 g/mol. The van der Waals surface area contributed by atoms with Gasteiger partial charge in [-0.2, -0.15) is 0 Å². The molecule has 0 radical (unpaired) electrons. The van der Waals surface area contributed by atoms with Gasteiger partial charge in [0, 0.05) is 30.1 Å². The summed E-state index contributed by atoms with van der Waals surface area (Å²) in [5.74, 6) is 2.17. The van der Waals surface area contributed by atoms with Crippen LogP contribution in [0.15, 0.2) is 41.2 Å². The van der Waals surface area contributed by atoms with Crippen LogP contribution in [0, 0.1) is 6.92 Å². The van der Waals surface area contributed by atoms with Gasteiger partial charge in [-0.3, -0.25) is 9.78 Å². The molecule has 0 saturated carbocycles. The predicted molar refractivity (Wildman–Crippen MR) is 103 cm³/mol. The average Bonchev–Trinajstić information content (AvgIpc) is 3.11. The molecular formula is C19H20N4O5. The van der Waals surface area contributed by atoms with Crippen LogP contribution in [0.3, 0.4) is 0 Å². The zero-order valence-electron chi connectivity index (χ0n) is 15.9. The molecule has 0 atom stereocenters. The molecule has 9 nitrogen and oxygen atoms in total. The second kappa shape index (κ2) is 8.30. The van der Waals surface area contributed by atoms with E-state index in [4.69, 9.17) is 18.7 Å². The van der Waals surface area contributed by atoms with Crippen molar-refractivity contribution in [1.29, 1.82) is 0 Å². The molecule has 28 heavy (non-hydrogen) atoms. The molecule has 9 heteroatoms. The minimum Gasteiger partial charge on any atom is -0.493 e. The van der Waals surface area contributed by atoms with Crippen LogP contribution in [0.5, 0.6) is 17.2 Å². The van der Waals surface area contributed by atoms with Crippen LogP contribution >= 0.6 is 0 Å². The Balaban J connectivity index is 1.80. The van der Waals surface area contributed by atoms with E-state index in [0.29, 0.717) is 45.8 Å². The Kier molecular flexibility index (Phi) is 5.64. The maximum Gasteiger partial charge on any atom is 0.257 e. The highest BCUT2D eigenvalue weighted by atomic mass is 16.5. The van der Waals surface area contributed by atoms with Gasteiger partial charge in [0.1, 0.15) is 5.76 Å². The fourth-order valence-electron chi connectivity index (χ4n) is 2.56. The highest BCUT2D eigenvalue weighted by Gasteiger charge is 2.15. The van der Waals surface area contributed by atoms with Gasteiger partial charge in [0.25, 0.3) is 5.91 Å². The predicted octanol–water partition coefficient (Wildman–Crippen LogP) is 3.40. The Hall–Kier alpha value is -3.75. The number of aromatic nitrogens is 2. The number of pyridine rings is 1. The van der Waals surface area contributed by atoms with Crippen molar-refractivity contribution in [3.05, 3.63) is 48.0 Å². The summed E-state index contributed by atoms with van der Waals surface area (Å²) in [6.45, 7) is 1.79. The van der Waals surface area contributed by atoms with Crippen LogP contribution in [0.1, 0.15) is 16.1 Å². The number of aryl methyl sites for hydroxylation is 1. The Bertz CT molecular complexity index is 961. The first-order valence-corrected chi connectivity index (χ1v) is 8.30. The molecule has 0 bridgehead atoms. The first kappa shape index (κ1) is 19.0. The van der Waals surface area contributed by atoms with Gasteiger partial charge in [-0.15, -0.1) is 0 Å². The standard InChI is InChI=1S/C19H20N4O5/c1-11-5-17(23-28-11)21-14-6-12(9-20-10-14)19(24)22-13-7-15(25-2)18(27-4)16(8-13)26-3/h5-10H,1-4H3,(H,21,23)(H,22,24). The molecule has 146 valence electrons. The maximum atomic E-state index is 12.7. The maximum absolute atomic E-state index is 12.7. The van der Waals surface area contributed by atoms with Crippen LogP contribution in [-0.2, 0) is 0 Å². The SMILES string of the molecule is COc1cc(NC(=O)c2cncc(Nc3cc(C)on3)c2)cc(OC)c1OC. The van der Waals surface area contributed by atoms with Crippen molar-refractivity contribution in [2.45, 2.75) is 6.92 Å². The van der Waals surface area contributed by atoms with Crippen molar-refractivity contribution in [3.8, 4) is 17.2 Å². The van der Waals surface area contributed by atoms with E-state index in [1.54, 1.807) is 37.4 Å². The molecule has 3 aromatic rings. The molecule has 0 fully saturated rings. The first-order valence-electron chi connectivity index (χ1n) is 8.30. The van der Waals surface area contributed by atoms with Crippen molar-refractivity contribution < 1.29 is 23.5 Å². The molecule has 0 aliphatic heterocycles. The lowest BCUT2D eigenvalue weighted by Gasteiger charge is -2.14. The van der Waals surface area contributed by atoms with Crippen LogP contribution in [0.4, 0.5) is 17.2 Å². The van der Waals surface area contributed by atoms with Gasteiger partial charge in [0.05, 0.1) is 38.8 Å². The molecule has 1 aromatic carbocycles. The number of amides is 1. The summed E-state index contributed by atoms with van der Waals surface area (Å²) < 4.78 is 20.9. The molecule has 0 aliphatic rings. The number of benzene rings is 1. The molecule has 2 aromatic heterocycles. The number of anilines is 3. The third-order valence-corrected chi connectivity index (χ3v) is 3.82. The molecule has 2 heterocycles. The molecule has 1 amide bonds. The molecule has 2 N–H and O–H groups in total. The fourth-order valence-corrected chi connectivity index (χ4v) is 2.56. The number of ether oxygens (including phenoxy) is 3. The largest absolute Gasteiger partial charge is 0.493 e. The minimum absolute atomic E-state index is 0.346. The van der Waals surface area contributed by atoms with E-state index in [-0.39, 0.29) is 5.91 Å². The van der Waals surface area contributed by atoms with Gasteiger partial charge in [-0.1, -0.05) is 5.16 Å². The number of methoxy groups -OCH3 is 3. The number of nitrogens with one attached hydrogen (secondary N) is 2. The van der Waals surface area contributed by atoms with Crippen molar-refractivity contribution in [2.24, 2.45) is 0 Å². The van der Waals surface area contributed by atoms with Gasteiger partial charge in [0.15, 0.2) is 17.3 Å². The van der Waals surface area contributed by atoms with Crippen LogP contribution < -0.4 is 24.8 Å². The Labute approximate surface area is 161 Å². The quantitative estimate of drug-likeness (QED) is 0.638. The van der Waals surface area contributed by atoms with E-state index in [2.05, 4.69) is 20.8 Å². The normalized spacial score (nSPS) is 10.3. The molecule has 0 unspecified atom stereocenters. The summed E-state index contributed by atoms with van der Waals surface area (Å²) in [6, 6.07) is 6.69. The Morgan fingerprint density at radius 1 is 0.964 bits per heavy atom. The minimum atomic E-state index is -0.346. The van der Waals surface area contributed by atoms with E-state index in [0.717, 1.165) is 0 Å². The summed E-state index contributed by atoms with van der Waals surface area (Å²) in [5, 5.41) is 9.68. The first-order chi connectivity index (χ1) is 13.5. The lowest BCUT2D eigenvalue weighted by atomic mass is 10.2. The number of rotatable bonds is 7. The van der Waals surface area contributed by atoms with E-state index < -0.39 is 0 Å². The molecule has 0 spiro atoms. The van der Waals surface area contributed by atoms with Crippen LogP contribution in [0.2, 0.25) is 0 Å². The smallest absolute Gasteiger partial charge is 0.257 e. The zero-order chi connectivity index (χ0) is 20.1. The summed E-state index contributed by atoms with van der Waals surface area (Å²) >= 11 is 0. The lowest BCUT2D eigenvalue weighted by Crippen LogP contribution is -2.13.